The van der Waals surface area contributed by atoms with Crippen molar-refractivity contribution in [3.05, 3.63) is 29.8 Å². The summed E-state index contributed by atoms with van der Waals surface area (Å²) >= 11 is 0. The van der Waals surface area contributed by atoms with Gasteiger partial charge in [-0.25, -0.2) is 0 Å². The number of benzene rings is 1. The van der Waals surface area contributed by atoms with Crippen LogP contribution in [0, 0.1) is 12.3 Å². The highest BCUT2D eigenvalue weighted by Crippen LogP contribution is 2.38. The lowest BCUT2D eigenvalue weighted by Crippen LogP contribution is -2.29. The number of aryl methyl sites for hydroxylation is 1. The molecule has 1 N–H and O–H groups in total. The van der Waals surface area contributed by atoms with Crippen LogP contribution in [-0.4, -0.2) is 25.5 Å². The number of amides is 1. The maximum Gasteiger partial charge on any atom is 0.227 e. The summed E-state index contributed by atoms with van der Waals surface area (Å²) < 4.78 is 0. The number of carbonyl (C=O) groups excluding carboxylic acids is 1. The van der Waals surface area contributed by atoms with Crippen molar-refractivity contribution in [2.24, 2.45) is 5.41 Å². The number of hydrogen-bond donors (Lipinski definition) is 1. The van der Waals surface area contributed by atoms with E-state index in [1.165, 1.54) is 5.56 Å². The number of rotatable bonds is 1. The second-order valence-corrected chi connectivity index (χ2v) is 5.42. The largest absolute Gasteiger partial charge is 0.316 e. The van der Waals surface area contributed by atoms with Crippen LogP contribution in [0.3, 0.4) is 0 Å². The van der Waals surface area contributed by atoms with Gasteiger partial charge in [0, 0.05) is 30.6 Å². The Labute approximate surface area is 102 Å². The molecular weight excluding hydrogens is 212 g/mol. The zero-order valence-corrected chi connectivity index (χ0v) is 10.2. The van der Waals surface area contributed by atoms with Crippen molar-refractivity contribution in [3.63, 3.8) is 0 Å². The average molecular weight is 230 g/mol. The van der Waals surface area contributed by atoms with Crippen LogP contribution in [0.1, 0.15) is 18.4 Å². The summed E-state index contributed by atoms with van der Waals surface area (Å²) in [5, 5.41) is 3.38. The summed E-state index contributed by atoms with van der Waals surface area (Å²) in [5.74, 6) is 0.276. The molecule has 2 heterocycles. The van der Waals surface area contributed by atoms with Gasteiger partial charge in [0.25, 0.3) is 0 Å². The van der Waals surface area contributed by atoms with Crippen LogP contribution in [0.25, 0.3) is 0 Å². The van der Waals surface area contributed by atoms with E-state index in [0.29, 0.717) is 6.42 Å². The summed E-state index contributed by atoms with van der Waals surface area (Å²) in [6.07, 6.45) is 1.83. The lowest BCUT2D eigenvalue weighted by Gasteiger charge is -2.22. The van der Waals surface area contributed by atoms with Crippen molar-refractivity contribution in [3.8, 4) is 0 Å². The molecule has 0 aromatic heterocycles. The van der Waals surface area contributed by atoms with Crippen LogP contribution in [0.2, 0.25) is 0 Å². The van der Waals surface area contributed by atoms with E-state index in [0.717, 1.165) is 31.7 Å². The summed E-state index contributed by atoms with van der Waals surface area (Å²) in [4.78, 5) is 14.1. The third kappa shape index (κ3) is 1.84. The lowest BCUT2D eigenvalue weighted by molar-refractivity contribution is -0.117. The Kier molecular flexibility index (Phi) is 2.44. The molecule has 3 rings (SSSR count). The molecule has 2 saturated heterocycles. The van der Waals surface area contributed by atoms with Gasteiger partial charge in [-0.15, -0.1) is 0 Å². The maximum absolute atomic E-state index is 12.1. The molecule has 2 aliphatic rings. The molecule has 1 atom stereocenters. The van der Waals surface area contributed by atoms with Crippen molar-refractivity contribution in [1.82, 2.24) is 5.32 Å². The quantitative estimate of drug-likeness (QED) is 0.796. The smallest absolute Gasteiger partial charge is 0.227 e. The van der Waals surface area contributed by atoms with Gasteiger partial charge < -0.3 is 10.2 Å². The van der Waals surface area contributed by atoms with Gasteiger partial charge in [0.2, 0.25) is 5.91 Å². The molecule has 0 bridgehead atoms. The molecule has 1 aromatic carbocycles. The molecule has 2 aliphatic heterocycles. The molecule has 3 nitrogen and oxygen atoms in total. The Morgan fingerprint density at radius 2 is 2.06 bits per heavy atom. The predicted molar refractivity (Wildman–Crippen MR) is 68.1 cm³/mol. The van der Waals surface area contributed by atoms with Gasteiger partial charge in [-0.1, -0.05) is 17.7 Å². The van der Waals surface area contributed by atoms with Crippen LogP contribution < -0.4 is 10.2 Å². The molecule has 0 unspecified atom stereocenters. The molecule has 1 aromatic rings. The van der Waals surface area contributed by atoms with Crippen molar-refractivity contribution in [2.45, 2.75) is 19.8 Å². The van der Waals surface area contributed by atoms with E-state index in [1.54, 1.807) is 0 Å². The van der Waals surface area contributed by atoms with Crippen molar-refractivity contribution < 1.29 is 4.79 Å². The molecule has 1 spiro atoms. The van der Waals surface area contributed by atoms with Gasteiger partial charge in [-0.2, -0.15) is 0 Å². The minimum atomic E-state index is 0.196. The summed E-state index contributed by atoms with van der Waals surface area (Å²) in [6.45, 7) is 4.98. The fourth-order valence-corrected chi connectivity index (χ4v) is 2.94. The Hall–Kier alpha value is -1.35. The average Bonchev–Trinajstić information content (AvgIpc) is 2.88. The number of hydrogen-bond acceptors (Lipinski definition) is 2. The minimum absolute atomic E-state index is 0.196. The maximum atomic E-state index is 12.1. The van der Waals surface area contributed by atoms with E-state index >= 15 is 0 Å². The zero-order valence-electron chi connectivity index (χ0n) is 10.2. The summed E-state index contributed by atoms with van der Waals surface area (Å²) in [7, 11) is 0. The molecule has 17 heavy (non-hydrogen) atoms. The normalized spacial score (nSPS) is 28.3. The van der Waals surface area contributed by atoms with Crippen LogP contribution in [0.5, 0.6) is 0 Å². The third-order valence-electron chi connectivity index (χ3n) is 4.00. The molecule has 1 amide bonds. The van der Waals surface area contributed by atoms with Crippen molar-refractivity contribution in [2.75, 3.05) is 24.5 Å². The fourth-order valence-electron chi connectivity index (χ4n) is 2.94. The van der Waals surface area contributed by atoms with Gasteiger partial charge in [-0.3, -0.25) is 4.79 Å². The van der Waals surface area contributed by atoms with E-state index in [1.807, 2.05) is 4.90 Å². The highest BCUT2D eigenvalue weighted by atomic mass is 16.2. The molecule has 0 radical (unpaired) electrons. The molecular formula is C14H18N2O. The number of carbonyl (C=O) groups is 1. The summed E-state index contributed by atoms with van der Waals surface area (Å²) in [5.41, 5.74) is 2.48. The Balaban J connectivity index is 1.85. The zero-order chi connectivity index (χ0) is 11.9. The molecule has 90 valence electrons. The minimum Gasteiger partial charge on any atom is -0.316 e. The highest BCUT2D eigenvalue weighted by Gasteiger charge is 2.45. The van der Waals surface area contributed by atoms with Gasteiger partial charge in [0.15, 0.2) is 0 Å². The van der Waals surface area contributed by atoms with Gasteiger partial charge in [-0.05, 0) is 32.0 Å². The van der Waals surface area contributed by atoms with E-state index in [4.69, 9.17) is 0 Å². The molecule has 0 saturated carbocycles. The standard InChI is InChI=1S/C14H18N2O/c1-11-2-4-12(5-3-11)16-10-14(8-13(16)17)6-7-15-9-14/h2-5,15H,6-10H2,1H3/t14-/m1/s1. The Bertz CT molecular complexity index is 432. The van der Waals surface area contributed by atoms with Gasteiger partial charge in [0.05, 0.1) is 0 Å². The number of nitrogens with zero attached hydrogens (tertiary/aromatic N) is 1. The molecule has 0 aliphatic carbocycles. The highest BCUT2D eigenvalue weighted by molar-refractivity contribution is 5.96. The van der Waals surface area contributed by atoms with E-state index in [9.17, 15) is 4.79 Å². The lowest BCUT2D eigenvalue weighted by atomic mass is 9.86. The van der Waals surface area contributed by atoms with Crippen molar-refractivity contribution >= 4 is 11.6 Å². The van der Waals surface area contributed by atoms with Crippen LogP contribution in [0.15, 0.2) is 24.3 Å². The fraction of sp³-hybridized carbons (Fsp3) is 0.500. The third-order valence-corrected chi connectivity index (χ3v) is 4.00. The van der Waals surface area contributed by atoms with Crippen LogP contribution >= 0.6 is 0 Å². The van der Waals surface area contributed by atoms with E-state index in [2.05, 4.69) is 36.5 Å². The predicted octanol–water partition coefficient (Wildman–Crippen LogP) is 1.71. The molecule has 3 heteroatoms. The summed E-state index contributed by atoms with van der Waals surface area (Å²) in [6, 6.07) is 8.24. The number of nitrogens with one attached hydrogen (secondary N) is 1. The first kappa shape index (κ1) is 10.8. The second kappa shape index (κ2) is 3.84. The second-order valence-electron chi connectivity index (χ2n) is 5.42. The van der Waals surface area contributed by atoms with Gasteiger partial charge >= 0.3 is 0 Å². The Morgan fingerprint density at radius 1 is 1.29 bits per heavy atom. The SMILES string of the molecule is Cc1ccc(N2C[C@]3(CCNC3)CC2=O)cc1. The topological polar surface area (TPSA) is 32.3 Å². The van der Waals surface area contributed by atoms with Gasteiger partial charge in [0.1, 0.15) is 0 Å². The first-order valence-corrected chi connectivity index (χ1v) is 6.26. The number of anilines is 1. The van der Waals surface area contributed by atoms with Crippen molar-refractivity contribution in [1.29, 1.82) is 0 Å². The van der Waals surface area contributed by atoms with Crippen LogP contribution in [0.4, 0.5) is 5.69 Å². The van der Waals surface area contributed by atoms with E-state index < -0.39 is 0 Å². The first-order chi connectivity index (χ1) is 8.19. The van der Waals surface area contributed by atoms with Crippen LogP contribution in [-0.2, 0) is 4.79 Å². The first-order valence-electron chi connectivity index (χ1n) is 6.26. The monoisotopic (exact) mass is 230 g/mol. The Morgan fingerprint density at radius 3 is 2.71 bits per heavy atom. The molecule has 2 fully saturated rings. The van der Waals surface area contributed by atoms with E-state index in [-0.39, 0.29) is 11.3 Å².